The molecule has 0 saturated heterocycles. The van der Waals surface area contributed by atoms with E-state index in [2.05, 4.69) is 22.3 Å². The van der Waals surface area contributed by atoms with Gasteiger partial charge in [0.2, 0.25) is 11.9 Å². The maximum Gasteiger partial charge on any atom is 0.243 e. The van der Waals surface area contributed by atoms with Gasteiger partial charge in [0, 0.05) is 13.6 Å². The monoisotopic (exact) mass is 155 g/mol. The van der Waals surface area contributed by atoms with Crippen LogP contribution in [0, 0.1) is 0 Å². The molecular formula is C6H13N5. The second kappa shape index (κ2) is 3.23. The first-order valence-corrected chi connectivity index (χ1v) is 3.66. The van der Waals surface area contributed by atoms with E-state index in [0.29, 0.717) is 11.9 Å². The van der Waals surface area contributed by atoms with E-state index in [0.717, 1.165) is 13.0 Å². The highest BCUT2D eigenvalue weighted by Gasteiger charge is 2.02. The van der Waals surface area contributed by atoms with Crippen molar-refractivity contribution in [3.8, 4) is 0 Å². The summed E-state index contributed by atoms with van der Waals surface area (Å²) < 4.78 is 1.69. The lowest BCUT2D eigenvalue weighted by atomic mass is 10.5. The van der Waals surface area contributed by atoms with E-state index in [9.17, 15) is 0 Å². The maximum atomic E-state index is 5.55. The molecule has 0 bridgehead atoms. The van der Waals surface area contributed by atoms with Gasteiger partial charge in [0.25, 0.3) is 0 Å². The van der Waals surface area contributed by atoms with E-state index in [1.807, 2.05) is 0 Å². The van der Waals surface area contributed by atoms with Gasteiger partial charge in [0.1, 0.15) is 0 Å². The molecule has 0 atom stereocenters. The minimum atomic E-state index is 0.469. The fourth-order valence-corrected chi connectivity index (χ4v) is 0.836. The molecule has 5 heteroatoms. The quantitative estimate of drug-likeness (QED) is 0.659. The lowest BCUT2D eigenvalue weighted by molar-refractivity contribution is 0.612. The Bertz CT molecular complexity index is 229. The van der Waals surface area contributed by atoms with Crippen LogP contribution in [0.15, 0.2) is 0 Å². The molecule has 11 heavy (non-hydrogen) atoms. The highest BCUT2D eigenvalue weighted by Crippen LogP contribution is 2.03. The molecule has 1 heterocycles. The summed E-state index contributed by atoms with van der Waals surface area (Å²) in [6.07, 6.45) is 1.01. The second-order valence-electron chi connectivity index (χ2n) is 2.27. The van der Waals surface area contributed by atoms with Gasteiger partial charge in [-0.05, 0) is 6.42 Å². The van der Waals surface area contributed by atoms with Crippen LogP contribution in [0.1, 0.15) is 13.3 Å². The van der Waals surface area contributed by atoms with Gasteiger partial charge >= 0.3 is 0 Å². The molecule has 1 aromatic heterocycles. The summed E-state index contributed by atoms with van der Waals surface area (Å²) in [5.74, 6) is 1.05. The topological polar surface area (TPSA) is 68.8 Å². The largest absolute Gasteiger partial charge is 0.368 e. The van der Waals surface area contributed by atoms with Crippen molar-refractivity contribution in [3.63, 3.8) is 0 Å². The van der Waals surface area contributed by atoms with Gasteiger partial charge < -0.3 is 11.1 Å². The zero-order chi connectivity index (χ0) is 8.27. The molecule has 0 aliphatic carbocycles. The molecule has 0 aliphatic rings. The van der Waals surface area contributed by atoms with Crippen LogP contribution < -0.4 is 11.1 Å². The Labute approximate surface area is 65.6 Å². The fourth-order valence-electron chi connectivity index (χ4n) is 0.836. The zero-order valence-corrected chi connectivity index (χ0v) is 6.83. The van der Waals surface area contributed by atoms with Crippen LogP contribution in [0.4, 0.5) is 11.9 Å². The summed E-state index contributed by atoms with van der Waals surface area (Å²) >= 11 is 0. The van der Waals surface area contributed by atoms with Crippen molar-refractivity contribution in [2.45, 2.75) is 19.9 Å². The predicted molar refractivity (Wildman–Crippen MR) is 44.3 cm³/mol. The van der Waals surface area contributed by atoms with Crippen molar-refractivity contribution in [2.24, 2.45) is 0 Å². The molecule has 1 rings (SSSR count). The summed E-state index contributed by atoms with van der Waals surface area (Å²) in [4.78, 5) is 3.97. The Morgan fingerprint density at radius 3 is 2.82 bits per heavy atom. The Balaban J connectivity index is 2.79. The van der Waals surface area contributed by atoms with Crippen LogP contribution in [0.3, 0.4) is 0 Å². The number of rotatable bonds is 3. The number of hydrogen-bond acceptors (Lipinski definition) is 4. The molecule has 0 unspecified atom stereocenters. The first-order valence-electron chi connectivity index (χ1n) is 3.66. The standard InChI is InChI=1S/C6H13N5/c1-3-4-11-5(7)9-6(8-2)10-11/h3-4H2,1-2H3,(H3,7,8,9,10). The first kappa shape index (κ1) is 7.84. The van der Waals surface area contributed by atoms with Gasteiger partial charge in [-0.1, -0.05) is 6.92 Å². The third-order valence-electron chi connectivity index (χ3n) is 1.36. The molecule has 1 aromatic rings. The van der Waals surface area contributed by atoms with E-state index in [1.165, 1.54) is 0 Å². The number of nitrogens with two attached hydrogens (primary N) is 1. The summed E-state index contributed by atoms with van der Waals surface area (Å²) in [7, 11) is 1.77. The zero-order valence-electron chi connectivity index (χ0n) is 6.83. The molecule has 0 aromatic carbocycles. The van der Waals surface area contributed by atoms with Crippen molar-refractivity contribution >= 4 is 11.9 Å². The summed E-state index contributed by atoms with van der Waals surface area (Å²) in [6.45, 7) is 2.89. The second-order valence-corrected chi connectivity index (χ2v) is 2.27. The molecule has 0 spiro atoms. The summed E-state index contributed by atoms with van der Waals surface area (Å²) in [5, 5.41) is 6.91. The molecule has 62 valence electrons. The Morgan fingerprint density at radius 2 is 2.36 bits per heavy atom. The molecule has 0 radical (unpaired) electrons. The van der Waals surface area contributed by atoms with Crippen LogP contribution in [0.2, 0.25) is 0 Å². The Hall–Kier alpha value is -1.26. The Morgan fingerprint density at radius 1 is 1.64 bits per heavy atom. The van der Waals surface area contributed by atoms with Crippen molar-refractivity contribution < 1.29 is 0 Å². The molecule has 3 N–H and O–H groups in total. The lowest BCUT2D eigenvalue weighted by Crippen LogP contribution is -2.04. The molecule has 5 nitrogen and oxygen atoms in total. The van der Waals surface area contributed by atoms with Crippen molar-refractivity contribution in [1.82, 2.24) is 14.8 Å². The number of anilines is 2. The van der Waals surface area contributed by atoms with E-state index in [-0.39, 0.29) is 0 Å². The Kier molecular flexibility index (Phi) is 2.30. The number of hydrogen-bond donors (Lipinski definition) is 2. The average molecular weight is 155 g/mol. The molecular weight excluding hydrogens is 142 g/mol. The van der Waals surface area contributed by atoms with Crippen LogP contribution in [0.5, 0.6) is 0 Å². The van der Waals surface area contributed by atoms with Gasteiger partial charge in [0.05, 0.1) is 0 Å². The van der Waals surface area contributed by atoms with Crippen molar-refractivity contribution in [2.75, 3.05) is 18.1 Å². The fraction of sp³-hybridized carbons (Fsp3) is 0.667. The minimum Gasteiger partial charge on any atom is -0.368 e. The number of nitrogen functional groups attached to an aromatic ring is 1. The molecule has 0 aliphatic heterocycles. The normalized spacial score (nSPS) is 10.0. The number of nitrogens with one attached hydrogen (secondary N) is 1. The smallest absolute Gasteiger partial charge is 0.243 e. The van der Waals surface area contributed by atoms with E-state index < -0.39 is 0 Å². The predicted octanol–water partition coefficient (Wildman–Crippen LogP) is 0.312. The molecule has 0 saturated carbocycles. The summed E-state index contributed by atoms with van der Waals surface area (Å²) in [6, 6.07) is 0. The van der Waals surface area contributed by atoms with E-state index in [1.54, 1.807) is 11.7 Å². The van der Waals surface area contributed by atoms with E-state index >= 15 is 0 Å². The maximum absolute atomic E-state index is 5.55. The van der Waals surface area contributed by atoms with Crippen LogP contribution in [0.25, 0.3) is 0 Å². The molecule has 0 fully saturated rings. The van der Waals surface area contributed by atoms with Gasteiger partial charge in [-0.2, -0.15) is 4.98 Å². The average Bonchev–Trinajstić information content (AvgIpc) is 2.33. The van der Waals surface area contributed by atoms with Crippen LogP contribution in [-0.4, -0.2) is 21.8 Å². The van der Waals surface area contributed by atoms with Crippen LogP contribution in [-0.2, 0) is 6.54 Å². The SMILES string of the molecule is CCCn1nc(NC)nc1N. The van der Waals surface area contributed by atoms with Gasteiger partial charge in [-0.3, -0.25) is 0 Å². The van der Waals surface area contributed by atoms with Crippen molar-refractivity contribution in [1.29, 1.82) is 0 Å². The van der Waals surface area contributed by atoms with Crippen molar-refractivity contribution in [3.05, 3.63) is 0 Å². The lowest BCUT2D eigenvalue weighted by Gasteiger charge is -1.96. The van der Waals surface area contributed by atoms with E-state index in [4.69, 9.17) is 5.73 Å². The third kappa shape index (κ3) is 1.60. The third-order valence-corrected chi connectivity index (χ3v) is 1.36. The first-order chi connectivity index (χ1) is 5.27. The number of aromatic nitrogens is 3. The van der Waals surface area contributed by atoms with Gasteiger partial charge in [0.15, 0.2) is 0 Å². The van der Waals surface area contributed by atoms with Gasteiger partial charge in [-0.25, -0.2) is 4.68 Å². The highest BCUT2D eigenvalue weighted by atomic mass is 15.4. The highest BCUT2D eigenvalue weighted by molar-refractivity contribution is 5.30. The molecule has 0 amide bonds. The minimum absolute atomic E-state index is 0.469. The van der Waals surface area contributed by atoms with Gasteiger partial charge in [-0.15, -0.1) is 5.10 Å². The summed E-state index contributed by atoms with van der Waals surface area (Å²) in [5.41, 5.74) is 5.55. The number of aryl methyl sites for hydroxylation is 1. The number of nitrogens with zero attached hydrogens (tertiary/aromatic N) is 3. The van der Waals surface area contributed by atoms with Crippen LogP contribution >= 0.6 is 0 Å².